The fraction of sp³-hybridized carbons (Fsp3) is 0.407. The highest BCUT2D eigenvalue weighted by atomic mass is 19.4. The summed E-state index contributed by atoms with van der Waals surface area (Å²) in [5, 5.41) is 0. The van der Waals surface area contributed by atoms with Gasteiger partial charge in [0.2, 0.25) is 0 Å². The fourth-order valence-corrected chi connectivity index (χ4v) is 1.47. The van der Waals surface area contributed by atoms with Crippen LogP contribution in [0.4, 0.5) is 30.7 Å². The molecule has 0 atom stereocenters. The highest BCUT2D eigenvalue weighted by Gasteiger charge is 2.33. The van der Waals surface area contributed by atoms with Crippen molar-refractivity contribution in [2.75, 3.05) is 54.9 Å². The van der Waals surface area contributed by atoms with Crippen molar-refractivity contribution < 1.29 is 107 Å². The first kappa shape index (κ1) is 51.1. The summed E-state index contributed by atoms with van der Waals surface area (Å²) >= 11 is 0. The fourth-order valence-electron chi connectivity index (χ4n) is 1.47. The number of hydrogen-bond acceptors (Lipinski definition) is 16. The molecule has 0 saturated carbocycles. The molecule has 0 amide bonds. The van der Waals surface area contributed by atoms with Crippen LogP contribution < -0.4 is 0 Å². The van der Waals surface area contributed by atoms with Crippen molar-refractivity contribution >= 4 is 47.8 Å². The normalized spacial score (nSPS) is 10.2. The molecule has 0 radical (unpaired) electrons. The van der Waals surface area contributed by atoms with Gasteiger partial charge in [-0.15, -0.1) is 0 Å². The zero-order chi connectivity index (χ0) is 40.1. The van der Waals surface area contributed by atoms with Crippen molar-refractivity contribution in [3.63, 3.8) is 0 Å². The topological polar surface area (TPSA) is 210 Å². The molecule has 0 bridgehead atoms. The van der Waals surface area contributed by atoms with E-state index in [9.17, 15) is 69.1 Å². The van der Waals surface area contributed by atoms with Gasteiger partial charge in [-0.2, -0.15) is 26.3 Å². The molecular formula is C27H31F7O16. The molecule has 0 N–H and O–H groups in total. The highest BCUT2D eigenvalue weighted by molar-refractivity contribution is 6.30. The summed E-state index contributed by atoms with van der Waals surface area (Å²) in [6, 6.07) is 0. The minimum absolute atomic E-state index is 0.0996. The summed E-state index contributed by atoms with van der Waals surface area (Å²) in [5.41, 5.74) is -1.25. The van der Waals surface area contributed by atoms with Crippen molar-refractivity contribution in [2.24, 2.45) is 0 Å². The van der Waals surface area contributed by atoms with Gasteiger partial charge in [-0.3, -0.25) is 0 Å². The Labute approximate surface area is 278 Å². The molecule has 0 fully saturated rings. The summed E-state index contributed by atoms with van der Waals surface area (Å²) < 4.78 is 114. The van der Waals surface area contributed by atoms with Gasteiger partial charge in [-0.1, -0.05) is 25.3 Å². The van der Waals surface area contributed by atoms with E-state index in [1.165, 1.54) is 0 Å². The summed E-state index contributed by atoms with van der Waals surface area (Å²) in [4.78, 5) is 83.3. The molecule has 0 aliphatic rings. The van der Waals surface area contributed by atoms with E-state index in [-0.39, 0.29) is 12.7 Å². The van der Waals surface area contributed by atoms with Crippen molar-refractivity contribution in [1.29, 1.82) is 0 Å². The van der Waals surface area contributed by atoms with Crippen LogP contribution in [0.5, 0.6) is 0 Å². The number of carbonyl (C=O) groups excluding carboxylic acids is 8. The first-order chi connectivity index (χ1) is 22.9. The van der Waals surface area contributed by atoms with Gasteiger partial charge in [-0.05, 0) is 13.0 Å². The van der Waals surface area contributed by atoms with E-state index >= 15 is 0 Å². The molecule has 16 nitrogen and oxygen atoms in total. The van der Waals surface area contributed by atoms with Crippen molar-refractivity contribution in [3.05, 3.63) is 48.9 Å². The zero-order valence-corrected chi connectivity index (χ0v) is 26.7. The number of alkyl halides is 6. The molecule has 284 valence electrons. The average Bonchev–Trinajstić information content (AvgIpc) is 3.05. The van der Waals surface area contributed by atoms with Crippen LogP contribution in [0, 0.1) is 0 Å². The maximum Gasteiger partial charge on any atom is 0.417 e. The molecule has 0 aliphatic heterocycles. The number of halogens is 7. The Balaban J connectivity index is -0.000000284. The van der Waals surface area contributed by atoms with Gasteiger partial charge in [0, 0.05) is 6.08 Å². The number of ether oxygens (including phenoxy) is 8. The third-order valence-electron chi connectivity index (χ3n) is 3.71. The molecular weight excluding hydrogens is 713 g/mol. The molecule has 0 rings (SSSR count). The van der Waals surface area contributed by atoms with E-state index in [2.05, 4.69) is 51.1 Å². The third-order valence-corrected chi connectivity index (χ3v) is 3.71. The zero-order valence-electron chi connectivity index (χ0n) is 26.7. The Morgan fingerprint density at radius 3 is 1.14 bits per heavy atom. The van der Waals surface area contributed by atoms with Crippen LogP contribution in [0.3, 0.4) is 0 Å². The molecule has 0 aromatic heterocycles. The molecule has 0 heterocycles. The lowest BCUT2D eigenvalue weighted by Crippen LogP contribution is -2.23. The minimum atomic E-state index is -4.64. The highest BCUT2D eigenvalue weighted by Crippen LogP contribution is 2.23. The predicted octanol–water partition coefficient (Wildman–Crippen LogP) is 2.11. The second kappa shape index (κ2) is 28.3. The standard InChI is InChI=1S/2C7H7F3O4.C7H10O4.C6H7FO4/c1-4(7(8,9)10)3-14-6(12)5(11)13-2;1-13-5(11)6(12)14-4-2-3-7(8,9)10;1-3-4-5-11-7(9)6(8)10-2;1-4(7)3-11-6(9)5(8)10-2/h1,3H2,2H3;2-3H,4H2,1H3;3-4H,5H2,1-2H3;1,3H2,2H3. The smallest absolute Gasteiger partial charge is 0.417 e. The van der Waals surface area contributed by atoms with Gasteiger partial charge in [0.05, 0.1) is 34.0 Å². The molecule has 50 heavy (non-hydrogen) atoms. The van der Waals surface area contributed by atoms with E-state index in [0.717, 1.165) is 28.4 Å². The lowest BCUT2D eigenvalue weighted by Gasteiger charge is -2.09. The van der Waals surface area contributed by atoms with E-state index in [4.69, 9.17) is 0 Å². The van der Waals surface area contributed by atoms with Gasteiger partial charge in [0.15, 0.2) is 0 Å². The Bertz CT molecular complexity index is 1240. The molecule has 23 heteroatoms. The van der Waals surface area contributed by atoms with Crippen molar-refractivity contribution in [1.82, 2.24) is 0 Å². The van der Waals surface area contributed by atoms with Crippen LogP contribution in [0.1, 0.15) is 6.92 Å². The maximum absolute atomic E-state index is 11.8. The van der Waals surface area contributed by atoms with Gasteiger partial charge in [-0.25, -0.2) is 42.7 Å². The number of carbonyl (C=O) groups is 8. The third kappa shape index (κ3) is 32.2. The SMILES string of the molecule is C=C(COC(=O)C(=O)OC)C(F)(F)F.C=C(F)COC(=O)C(=O)OC.CC=CCOC(=O)C(=O)OC.COC(=O)C(=O)OCC=CC(F)(F)F. The summed E-state index contributed by atoms with van der Waals surface area (Å²) in [5.74, 6) is -10.6. The molecule has 0 aromatic carbocycles. The van der Waals surface area contributed by atoms with Gasteiger partial charge >= 0.3 is 60.1 Å². The Morgan fingerprint density at radius 2 is 0.860 bits per heavy atom. The number of esters is 8. The lowest BCUT2D eigenvalue weighted by molar-refractivity contribution is -0.166. The van der Waals surface area contributed by atoms with E-state index < -0.39 is 91.3 Å². The largest absolute Gasteiger partial charge is 0.461 e. The lowest BCUT2D eigenvalue weighted by atomic mass is 10.3. The quantitative estimate of drug-likeness (QED) is 0.115. The minimum Gasteiger partial charge on any atom is -0.461 e. The first-order valence-corrected chi connectivity index (χ1v) is 12.4. The second-order valence-electron chi connectivity index (χ2n) is 7.45. The number of hydrogen-bond donors (Lipinski definition) is 0. The van der Waals surface area contributed by atoms with Crippen LogP contribution in [0.25, 0.3) is 0 Å². The van der Waals surface area contributed by atoms with E-state index in [0.29, 0.717) is 6.08 Å². The number of allylic oxidation sites excluding steroid dienone is 2. The van der Waals surface area contributed by atoms with Crippen LogP contribution in [-0.4, -0.2) is 115 Å². The predicted molar refractivity (Wildman–Crippen MR) is 147 cm³/mol. The molecule has 0 aliphatic carbocycles. The molecule has 0 saturated heterocycles. The molecule has 0 spiro atoms. The first-order valence-electron chi connectivity index (χ1n) is 12.4. The average molecular weight is 745 g/mol. The summed E-state index contributed by atoms with van der Waals surface area (Å²) in [7, 11) is 4.00. The van der Waals surface area contributed by atoms with Crippen LogP contribution in [0.2, 0.25) is 0 Å². The van der Waals surface area contributed by atoms with Crippen molar-refractivity contribution in [2.45, 2.75) is 19.3 Å². The van der Waals surface area contributed by atoms with Crippen LogP contribution >= 0.6 is 0 Å². The Kier molecular flexibility index (Phi) is 28.9. The van der Waals surface area contributed by atoms with Gasteiger partial charge in [0.25, 0.3) is 0 Å². The number of methoxy groups -OCH3 is 4. The number of rotatable bonds is 8. The Morgan fingerprint density at radius 1 is 0.540 bits per heavy atom. The van der Waals surface area contributed by atoms with Gasteiger partial charge < -0.3 is 37.9 Å². The monoisotopic (exact) mass is 744 g/mol. The van der Waals surface area contributed by atoms with Gasteiger partial charge in [0.1, 0.15) is 32.3 Å². The van der Waals surface area contributed by atoms with E-state index in [1.807, 2.05) is 0 Å². The molecule has 0 aromatic rings. The summed E-state index contributed by atoms with van der Waals surface area (Å²) in [6.45, 7) is 5.00. The van der Waals surface area contributed by atoms with Crippen molar-refractivity contribution in [3.8, 4) is 0 Å². The Hall–Kier alpha value is -5.77. The molecule has 0 unspecified atom stereocenters. The van der Waals surface area contributed by atoms with Crippen LogP contribution in [-0.2, 0) is 76.3 Å². The summed E-state index contributed by atoms with van der Waals surface area (Å²) in [6.07, 6.45) is -5.31. The van der Waals surface area contributed by atoms with E-state index in [1.54, 1.807) is 19.1 Å². The van der Waals surface area contributed by atoms with Crippen LogP contribution in [0.15, 0.2) is 48.9 Å². The maximum atomic E-state index is 11.8. The second-order valence-corrected chi connectivity index (χ2v) is 7.45.